The van der Waals surface area contributed by atoms with Crippen molar-refractivity contribution in [3.8, 4) is 22.5 Å². The highest BCUT2D eigenvalue weighted by Gasteiger charge is 2.20. The fourth-order valence-electron chi connectivity index (χ4n) is 7.97. The molecular formula is C46H34N2S. The van der Waals surface area contributed by atoms with Crippen molar-refractivity contribution in [3.05, 3.63) is 157 Å². The van der Waals surface area contributed by atoms with E-state index in [1.54, 1.807) is 0 Å². The quantitative estimate of drug-likeness (QED) is 0.181. The molecule has 0 saturated heterocycles. The lowest BCUT2D eigenvalue weighted by Gasteiger charge is -2.20. The molecule has 2 nitrogen and oxygen atoms in total. The molecule has 0 saturated carbocycles. The predicted molar refractivity (Wildman–Crippen MR) is 212 cm³/mol. The first-order valence-electron chi connectivity index (χ1n) is 17.0. The summed E-state index contributed by atoms with van der Waals surface area (Å²) >= 11 is 1.88. The molecule has 0 radical (unpaired) electrons. The molecule has 0 aliphatic heterocycles. The molecule has 0 bridgehead atoms. The van der Waals surface area contributed by atoms with E-state index in [1.807, 2.05) is 11.3 Å². The summed E-state index contributed by atoms with van der Waals surface area (Å²) in [4.78, 5) is 0. The summed E-state index contributed by atoms with van der Waals surface area (Å²) in [5.74, 6) is 0. The molecule has 0 N–H and O–H groups in total. The first-order chi connectivity index (χ1) is 24.0. The highest BCUT2D eigenvalue weighted by Crippen LogP contribution is 2.44. The molecule has 0 aliphatic rings. The Morgan fingerprint density at radius 2 is 1.08 bits per heavy atom. The number of thiophene rings is 1. The van der Waals surface area contributed by atoms with Gasteiger partial charge in [-0.25, -0.2) is 0 Å². The van der Waals surface area contributed by atoms with Crippen molar-refractivity contribution in [2.75, 3.05) is 0 Å². The fourth-order valence-corrected chi connectivity index (χ4v) is 9.09. The zero-order valence-electron chi connectivity index (χ0n) is 27.7. The summed E-state index contributed by atoms with van der Waals surface area (Å²) in [5.41, 5.74) is 11.2. The van der Waals surface area contributed by atoms with E-state index in [-0.39, 0.29) is 5.41 Å². The van der Waals surface area contributed by atoms with Crippen LogP contribution in [0.1, 0.15) is 26.3 Å². The van der Waals surface area contributed by atoms with Gasteiger partial charge in [0.15, 0.2) is 0 Å². The molecule has 7 aromatic carbocycles. The summed E-state index contributed by atoms with van der Waals surface area (Å²) in [6.45, 7) is 6.81. The van der Waals surface area contributed by atoms with Crippen molar-refractivity contribution in [3.63, 3.8) is 0 Å². The molecule has 0 fully saturated rings. The third-order valence-electron chi connectivity index (χ3n) is 10.3. The SMILES string of the molecule is CC(C)(C)c1ccc(-c2ccccc2-n2c3ccccc3c3cc(-n4c5ccccc5c5c6c(ccc54)sc4ccccc46)ccc32)cc1. The number of aromatic nitrogens is 2. The molecule has 3 aromatic heterocycles. The molecule has 0 spiro atoms. The molecule has 0 amide bonds. The zero-order chi connectivity index (χ0) is 32.9. The summed E-state index contributed by atoms with van der Waals surface area (Å²) in [6.07, 6.45) is 0. The normalized spacial score (nSPS) is 12.4. The molecule has 10 rings (SSSR count). The van der Waals surface area contributed by atoms with Crippen molar-refractivity contribution in [1.82, 2.24) is 9.13 Å². The van der Waals surface area contributed by atoms with Gasteiger partial charge in [-0.05, 0) is 71.1 Å². The van der Waals surface area contributed by atoms with Crippen LogP contribution in [0.2, 0.25) is 0 Å². The topological polar surface area (TPSA) is 9.86 Å². The Hall–Kier alpha value is -5.64. The summed E-state index contributed by atoms with van der Waals surface area (Å²) in [5, 5.41) is 7.82. The van der Waals surface area contributed by atoms with Gasteiger partial charge in [0.2, 0.25) is 0 Å². The Morgan fingerprint density at radius 1 is 0.449 bits per heavy atom. The van der Waals surface area contributed by atoms with Gasteiger partial charge in [0.1, 0.15) is 0 Å². The lowest BCUT2D eigenvalue weighted by atomic mass is 9.86. The van der Waals surface area contributed by atoms with Crippen LogP contribution in [-0.4, -0.2) is 9.13 Å². The first kappa shape index (κ1) is 28.4. The lowest BCUT2D eigenvalue weighted by molar-refractivity contribution is 0.590. The minimum Gasteiger partial charge on any atom is -0.309 e. The van der Waals surface area contributed by atoms with Crippen LogP contribution in [0.3, 0.4) is 0 Å². The van der Waals surface area contributed by atoms with Gasteiger partial charge >= 0.3 is 0 Å². The molecule has 0 atom stereocenters. The lowest BCUT2D eigenvalue weighted by Crippen LogP contribution is -2.10. The number of rotatable bonds is 3. The van der Waals surface area contributed by atoms with E-state index in [1.165, 1.54) is 91.8 Å². The number of benzene rings is 7. The Kier molecular flexibility index (Phi) is 6.04. The molecule has 3 heteroatoms. The van der Waals surface area contributed by atoms with Gasteiger partial charge in [0.05, 0.1) is 27.8 Å². The van der Waals surface area contributed by atoms with Crippen molar-refractivity contribution in [2.24, 2.45) is 0 Å². The smallest absolute Gasteiger partial charge is 0.0548 e. The third-order valence-corrected chi connectivity index (χ3v) is 11.4. The Bertz CT molecular complexity index is 2910. The van der Waals surface area contributed by atoms with E-state index in [4.69, 9.17) is 0 Å². The van der Waals surface area contributed by atoms with Crippen LogP contribution in [-0.2, 0) is 5.41 Å². The minimum absolute atomic E-state index is 0.114. The largest absolute Gasteiger partial charge is 0.309 e. The van der Waals surface area contributed by atoms with E-state index < -0.39 is 0 Å². The van der Waals surface area contributed by atoms with Crippen molar-refractivity contribution in [2.45, 2.75) is 26.2 Å². The van der Waals surface area contributed by atoms with Gasteiger partial charge in [-0.15, -0.1) is 11.3 Å². The van der Waals surface area contributed by atoms with Crippen LogP contribution in [0.4, 0.5) is 0 Å². The van der Waals surface area contributed by atoms with Gasteiger partial charge in [-0.2, -0.15) is 0 Å². The highest BCUT2D eigenvalue weighted by atomic mass is 32.1. The molecule has 3 heterocycles. The summed E-state index contributed by atoms with van der Waals surface area (Å²) in [7, 11) is 0. The van der Waals surface area contributed by atoms with Gasteiger partial charge in [-0.3, -0.25) is 0 Å². The molecular weight excluding hydrogens is 613 g/mol. The summed E-state index contributed by atoms with van der Waals surface area (Å²) in [6, 6.07) is 56.2. The van der Waals surface area contributed by atoms with Crippen LogP contribution in [0.15, 0.2) is 152 Å². The first-order valence-corrected chi connectivity index (χ1v) is 17.8. The Balaban J connectivity index is 1.23. The van der Waals surface area contributed by atoms with Crippen LogP contribution >= 0.6 is 11.3 Å². The molecule has 49 heavy (non-hydrogen) atoms. The van der Waals surface area contributed by atoms with Gasteiger partial charge in [0, 0.05) is 53.0 Å². The molecule has 0 aliphatic carbocycles. The van der Waals surface area contributed by atoms with Crippen LogP contribution < -0.4 is 0 Å². The number of fused-ring (bicyclic) bond motifs is 10. The van der Waals surface area contributed by atoms with Crippen molar-refractivity contribution < 1.29 is 0 Å². The molecule has 234 valence electrons. The highest BCUT2D eigenvalue weighted by molar-refractivity contribution is 7.26. The predicted octanol–water partition coefficient (Wildman–Crippen LogP) is 13.2. The van der Waals surface area contributed by atoms with Crippen LogP contribution in [0.25, 0.3) is 86.3 Å². The second-order valence-corrected chi connectivity index (χ2v) is 15.3. The van der Waals surface area contributed by atoms with Crippen molar-refractivity contribution >= 4 is 75.1 Å². The van der Waals surface area contributed by atoms with Gasteiger partial charge in [-0.1, -0.05) is 118 Å². The maximum atomic E-state index is 2.47. The third kappa shape index (κ3) is 4.19. The Morgan fingerprint density at radius 3 is 1.88 bits per heavy atom. The maximum Gasteiger partial charge on any atom is 0.0548 e. The zero-order valence-corrected chi connectivity index (χ0v) is 28.6. The Labute approximate surface area is 289 Å². The number of hydrogen-bond donors (Lipinski definition) is 0. The maximum absolute atomic E-state index is 2.47. The minimum atomic E-state index is 0.114. The fraction of sp³-hybridized carbons (Fsp3) is 0.0870. The molecule has 10 aromatic rings. The number of hydrogen-bond acceptors (Lipinski definition) is 1. The van der Waals surface area contributed by atoms with E-state index in [0.717, 1.165) is 0 Å². The van der Waals surface area contributed by atoms with E-state index >= 15 is 0 Å². The number of para-hydroxylation sites is 3. The van der Waals surface area contributed by atoms with E-state index in [9.17, 15) is 0 Å². The number of nitrogens with zero attached hydrogens (tertiary/aromatic N) is 2. The van der Waals surface area contributed by atoms with Gasteiger partial charge in [0.25, 0.3) is 0 Å². The van der Waals surface area contributed by atoms with Gasteiger partial charge < -0.3 is 9.13 Å². The van der Waals surface area contributed by atoms with Crippen LogP contribution in [0, 0.1) is 0 Å². The van der Waals surface area contributed by atoms with E-state index in [0.29, 0.717) is 0 Å². The van der Waals surface area contributed by atoms with Crippen LogP contribution in [0.5, 0.6) is 0 Å². The van der Waals surface area contributed by atoms with Crippen molar-refractivity contribution in [1.29, 1.82) is 0 Å². The summed E-state index contributed by atoms with van der Waals surface area (Å²) < 4.78 is 7.59. The second-order valence-electron chi connectivity index (χ2n) is 14.2. The average molecular weight is 647 g/mol. The standard InChI is InChI=1S/C46H34N2S/c1-46(2,3)30-22-20-29(21-23-30)32-12-4-8-16-37(32)48-38-17-9-5-13-33(38)36-28-31(24-25-40(36)48)47-39-18-10-6-14-34(39)44-41(47)26-27-43-45(44)35-15-7-11-19-42(35)49-43/h4-28H,1-3H3. The average Bonchev–Trinajstić information content (AvgIpc) is 3.78. The monoisotopic (exact) mass is 646 g/mol. The molecule has 0 unspecified atom stereocenters. The van der Waals surface area contributed by atoms with E-state index in [2.05, 4.69) is 182 Å². The second kappa shape index (κ2) is 10.4.